The molecule has 3 aliphatic rings. The Kier molecular flexibility index (Phi) is 7.98. The molecule has 7 rings (SSSR count). The Morgan fingerprint density at radius 3 is 2.29 bits per heavy atom. The molecule has 1 amide bonds. The number of benzene rings is 3. The molecule has 1 aromatic heterocycles. The summed E-state index contributed by atoms with van der Waals surface area (Å²) in [4.78, 5) is 35.3. The number of carbonyl (C=O) groups excluding carboxylic acids is 2. The molecule has 0 aliphatic carbocycles. The summed E-state index contributed by atoms with van der Waals surface area (Å²) in [5.41, 5.74) is 6.13. The van der Waals surface area contributed by atoms with Gasteiger partial charge in [-0.1, -0.05) is 42.5 Å². The molecule has 0 saturated carbocycles. The molecule has 7 heteroatoms. The Balaban J connectivity index is 1.07. The number of likely N-dealkylation sites (tertiary alicyclic amines) is 1. The largest absolute Gasteiger partial charge is 0.465 e. The number of fused-ring (bicyclic) bond motifs is 3. The zero-order valence-electron chi connectivity index (χ0n) is 26.7. The normalized spacial score (nSPS) is 22.9. The van der Waals surface area contributed by atoms with Crippen molar-refractivity contribution in [1.82, 2.24) is 19.4 Å². The molecular weight excluding hydrogens is 560 g/mol. The molecule has 45 heavy (non-hydrogen) atoms. The molecule has 3 fully saturated rings. The summed E-state index contributed by atoms with van der Waals surface area (Å²) in [6, 6.07) is 26.0. The van der Waals surface area contributed by atoms with Crippen molar-refractivity contribution in [2.24, 2.45) is 0 Å². The maximum absolute atomic E-state index is 13.6. The second-order valence-electron chi connectivity index (χ2n) is 13.5. The fourth-order valence-corrected chi connectivity index (χ4v) is 8.83. The number of ether oxygens (including phenoxy) is 1. The van der Waals surface area contributed by atoms with Crippen molar-refractivity contribution in [3.63, 3.8) is 0 Å². The van der Waals surface area contributed by atoms with Crippen LogP contribution in [0.5, 0.6) is 0 Å². The van der Waals surface area contributed by atoms with Crippen LogP contribution in [0.2, 0.25) is 0 Å². The van der Waals surface area contributed by atoms with Gasteiger partial charge in [-0.2, -0.15) is 0 Å². The first-order valence-electron chi connectivity index (χ1n) is 16.6. The predicted octanol–water partition coefficient (Wildman–Crippen LogP) is 6.87. The molecule has 3 aromatic carbocycles. The number of aromatic nitrogens is 2. The highest BCUT2D eigenvalue weighted by molar-refractivity contribution is 5.98. The Morgan fingerprint density at radius 1 is 0.867 bits per heavy atom. The van der Waals surface area contributed by atoms with Gasteiger partial charge in [-0.05, 0) is 107 Å². The van der Waals surface area contributed by atoms with Crippen LogP contribution in [0.1, 0.15) is 88.7 Å². The number of methoxy groups -OCH3 is 1. The highest BCUT2D eigenvalue weighted by atomic mass is 16.5. The van der Waals surface area contributed by atoms with Gasteiger partial charge in [0.2, 0.25) is 0 Å². The fourth-order valence-electron chi connectivity index (χ4n) is 8.83. The summed E-state index contributed by atoms with van der Waals surface area (Å²) in [6.45, 7) is 6.90. The number of amides is 1. The van der Waals surface area contributed by atoms with Gasteiger partial charge in [0.05, 0.1) is 23.7 Å². The SMILES string of the molecule is COC(=O)c1cccc(C(=O)N2CCC(CCN3[C@@H]4CC[C@H]3C[C@@H](n3c(C)nc5ccccc53)C4)(c3ccccc3C)CC2)c1. The minimum absolute atomic E-state index is 0.0124. The second-order valence-corrected chi connectivity index (χ2v) is 13.5. The number of rotatable bonds is 7. The van der Waals surface area contributed by atoms with E-state index < -0.39 is 5.97 Å². The molecule has 0 unspecified atom stereocenters. The van der Waals surface area contributed by atoms with E-state index >= 15 is 0 Å². The van der Waals surface area contributed by atoms with Gasteiger partial charge in [0.1, 0.15) is 5.82 Å². The summed E-state index contributed by atoms with van der Waals surface area (Å²) in [7, 11) is 1.36. The van der Waals surface area contributed by atoms with Crippen molar-refractivity contribution in [3.8, 4) is 0 Å². The molecule has 2 bridgehead atoms. The number of aryl methyl sites for hydroxylation is 2. The first kappa shape index (κ1) is 29.7. The quantitative estimate of drug-likeness (QED) is 0.215. The summed E-state index contributed by atoms with van der Waals surface area (Å²) >= 11 is 0. The highest BCUT2D eigenvalue weighted by Crippen LogP contribution is 2.45. The third-order valence-corrected chi connectivity index (χ3v) is 11.1. The number of carbonyl (C=O) groups is 2. The van der Waals surface area contributed by atoms with Crippen molar-refractivity contribution in [1.29, 1.82) is 0 Å². The van der Waals surface area contributed by atoms with Gasteiger partial charge >= 0.3 is 5.97 Å². The van der Waals surface area contributed by atoms with Crippen molar-refractivity contribution >= 4 is 22.9 Å². The van der Waals surface area contributed by atoms with E-state index in [-0.39, 0.29) is 11.3 Å². The van der Waals surface area contributed by atoms with Crippen molar-refractivity contribution in [3.05, 3.63) is 101 Å². The number of esters is 1. The lowest BCUT2D eigenvalue weighted by molar-refractivity contribution is 0.0600. The Morgan fingerprint density at radius 2 is 1.56 bits per heavy atom. The molecule has 0 N–H and O–H groups in total. The lowest BCUT2D eigenvalue weighted by Gasteiger charge is -2.46. The molecule has 4 heterocycles. The van der Waals surface area contributed by atoms with Crippen LogP contribution in [0.4, 0.5) is 0 Å². The van der Waals surface area contributed by atoms with Crippen LogP contribution in [-0.2, 0) is 10.2 Å². The molecule has 0 spiro atoms. The van der Waals surface area contributed by atoms with Crippen molar-refractivity contribution in [2.75, 3.05) is 26.7 Å². The second kappa shape index (κ2) is 12.1. The molecule has 0 radical (unpaired) electrons. The molecule has 234 valence electrons. The van der Waals surface area contributed by atoms with E-state index in [2.05, 4.69) is 71.8 Å². The average Bonchev–Trinajstić information content (AvgIpc) is 3.53. The van der Waals surface area contributed by atoms with E-state index in [9.17, 15) is 9.59 Å². The van der Waals surface area contributed by atoms with Gasteiger partial charge in [0, 0.05) is 42.2 Å². The maximum Gasteiger partial charge on any atom is 0.337 e. The molecule has 7 nitrogen and oxygen atoms in total. The van der Waals surface area contributed by atoms with Crippen LogP contribution in [0.25, 0.3) is 11.0 Å². The van der Waals surface area contributed by atoms with Crippen LogP contribution in [0, 0.1) is 13.8 Å². The third kappa shape index (κ3) is 5.45. The van der Waals surface area contributed by atoms with Crippen LogP contribution in [0.15, 0.2) is 72.8 Å². The van der Waals surface area contributed by atoms with Crippen molar-refractivity contribution < 1.29 is 14.3 Å². The van der Waals surface area contributed by atoms with E-state index in [1.165, 1.54) is 49.4 Å². The van der Waals surface area contributed by atoms with Crippen LogP contribution >= 0.6 is 0 Å². The van der Waals surface area contributed by atoms with Crippen molar-refractivity contribution in [2.45, 2.75) is 82.3 Å². The van der Waals surface area contributed by atoms with Gasteiger partial charge in [-0.3, -0.25) is 9.69 Å². The van der Waals surface area contributed by atoms with Crippen LogP contribution in [0.3, 0.4) is 0 Å². The van der Waals surface area contributed by atoms with E-state index in [1.807, 2.05) is 4.90 Å². The number of imidazole rings is 1. The van der Waals surface area contributed by atoms with Gasteiger partial charge in [-0.15, -0.1) is 0 Å². The molecule has 4 aromatic rings. The van der Waals surface area contributed by atoms with Crippen LogP contribution in [-0.4, -0.2) is 70.1 Å². The summed E-state index contributed by atoms with van der Waals surface area (Å²) in [5, 5.41) is 0. The average molecular weight is 605 g/mol. The third-order valence-electron chi connectivity index (χ3n) is 11.1. The topological polar surface area (TPSA) is 67.7 Å². The van der Waals surface area contributed by atoms with E-state index in [0.29, 0.717) is 42.3 Å². The zero-order valence-corrected chi connectivity index (χ0v) is 26.7. The smallest absolute Gasteiger partial charge is 0.337 e. The number of hydrogen-bond donors (Lipinski definition) is 0. The standard InChI is InChI=1S/C38H44N4O3/c1-26-9-4-5-12-33(26)38(17-20-40(21-18-38)36(43)28-10-8-11-29(23-28)37(44)45-3)19-22-41-30-15-16-31(41)25-32(24-30)42-27(2)39-34-13-6-7-14-35(34)42/h4-14,23,30-32H,15-22,24-25H2,1-3H3/t30-,31+,32+. The number of para-hydroxylation sites is 2. The molecular formula is C38H44N4O3. The zero-order chi connectivity index (χ0) is 31.1. The minimum Gasteiger partial charge on any atom is -0.465 e. The summed E-state index contributed by atoms with van der Waals surface area (Å²) in [5.74, 6) is 0.695. The van der Waals surface area contributed by atoms with E-state index in [0.717, 1.165) is 37.1 Å². The summed E-state index contributed by atoms with van der Waals surface area (Å²) in [6.07, 6.45) is 7.89. The molecule has 3 aliphatic heterocycles. The van der Waals surface area contributed by atoms with E-state index in [1.54, 1.807) is 24.3 Å². The maximum atomic E-state index is 13.6. The fraction of sp³-hybridized carbons (Fsp3) is 0.447. The minimum atomic E-state index is -0.423. The lowest BCUT2D eigenvalue weighted by atomic mass is 9.68. The summed E-state index contributed by atoms with van der Waals surface area (Å²) < 4.78 is 7.39. The lowest BCUT2D eigenvalue weighted by Crippen LogP contribution is -2.49. The molecule has 3 saturated heterocycles. The Labute approximate surface area is 266 Å². The highest BCUT2D eigenvalue weighted by Gasteiger charge is 2.44. The Bertz CT molecular complexity index is 1700. The van der Waals surface area contributed by atoms with Gasteiger partial charge < -0.3 is 14.2 Å². The predicted molar refractivity (Wildman–Crippen MR) is 177 cm³/mol. The van der Waals surface area contributed by atoms with E-state index in [4.69, 9.17) is 9.72 Å². The first-order chi connectivity index (χ1) is 21.9. The number of piperidine rings is 2. The monoisotopic (exact) mass is 604 g/mol. The first-order valence-corrected chi connectivity index (χ1v) is 16.6. The Hall–Kier alpha value is -3.97. The number of nitrogens with zero attached hydrogens (tertiary/aromatic N) is 4. The molecule has 3 atom stereocenters. The van der Waals surface area contributed by atoms with Gasteiger partial charge in [-0.25, -0.2) is 9.78 Å². The van der Waals surface area contributed by atoms with Crippen LogP contribution < -0.4 is 0 Å². The van der Waals surface area contributed by atoms with Gasteiger partial charge in [0.25, 0.3) is 5.91 Å². The number of hydrogen-bond acceptors (Lipinski definition) is 5. The van der Waals surface area contributed by atoms with Gasteiger partial charge in [0.15, 0.2) is 0 Å².